The lowest BCUT2D eigenvalue weighted by Crippen LogP contribution is -2.46. The molecule has 2 heterocycles. The van der Waals surface area contributed by atoms with E-state index in [9.17, 15) is 9.59 Å². The first-order valence-electron chi connectivity index (χ1n) is 16.7. The van der Waals surface area contributed by atoms with Crippen LogP contribution in [-0.4, -0.2) is 64.9 Å². The van der Waals surface area contributed by atoms with E-state index in [-0.39, 0.29) is 18.2 Å². The maximum Gasteiger partial charge on any atom is 0.407 e. The fraction of sp³-hybridized carbons (Fsp3) is 0.500. The predicted molar refractivity (Wildman–Crippen MR) is 184 cm³/mol. The largest absolute Gasteiger partial charge is 0.444 e. The minimum atomic E-state index is -0.633. The molecule has 2 unspecified atom stereocenters. The smallest absolute Gasteiger partial charge is 0.407 e. The average Bonchev–Trinajstić information content (AvgIpc) is 3.38. The van der Waals surface area contributed by atoms with Gasteiger partial charge in [-0.2, -0.15) is 0 Å². The van der Waals surface area contributed by atoms with Crippen molar-refractivity contribution in [1.29, 1.82) is 0 Å². The quantitative estimate of drug-likeness (QED) is 0.174. The zero-order valence-corrected chi connectivity index (χ0v) is 28.3. The number of methoxy groups -OCH3 is 1. The van der Waals surface area contributed by atoms with Gasteiger partial charge in [0.25, 0.3) is 0 Å². The molecule has 0 spiro atoms. The highest BCUT2D eigenvalue weighted by Gasteiger charge is 2.31. The van der Waals surface area contributed by atoms with Crippen molar-refractivity contribution in [2.75, 3.05) is 26.8 Å². The zero-order chi connectivity index (χ0) is 32.8. The lowest BCUT2D eigenvalue weighted by molar-refractivity contribution is -0.132. The number of nitrogens with zero attached hydrogens (tertiary/aromatic N) is 3. The first-order valence-corrected chi connectivity index (χ1v) is 16.7. The fourth-order valence-corrected chi connectivity index (χ4v) is 6.49. The molecule has 1 N–H and O–H groups in total. The van der Waals surface area contributed by atoms with Crippen molar-refractivity contribution in [3.05, 3.63) is 77.6 Å². The number of aromatic nitrogens is 2. The number of nitrogens with one attached hydrogen (secondary N) is 1. The predicted octanol–water partition coefficient (Wildman–Crippen LogP) is 7.58. The molecule has 1 fully saturated rings. The number of alkyl carbamates (subject to hydrolysis) is 1. The van der Waals surface area contributed by atoms with Crippen molar-refractivity contribution in [3.63, 3.8) is 0 Å². The van der Waals surface area contributed by atoms with E-state index < -0.39 is 17.7 Å². The van der Waals surface area contributed by atoms with Gasteiger partial charge in [-0.25, -0.2) is 9.78 Å². The molecule has 8 nitrogen and oxygen atoms in total. The number of aryl methyl sites for hydroxylation is 1. The van der Waals surface area contributed by atoms with Crippen LogP contribution < -0.4 is 5.32 Å². The van der Waals surface area contributed by atoms with Crippen LogP contribution in [0.1, 0.15) is 89.1 Å². The van der Waals surface area contributed by atoms with E-state index in [0.29, 0.717) is 32.0 Å². The first-order chi connectivity index (χ1) is 22.0. The lowest BCUT2D eigenvalue weighted by Gasteiger charge is -2.34. The minimum Gasteiger partial charge on any atom is -0.444 e. The van der Waals surface area contributed by atoms with Gasteiger partial charge >= 0.3 is 6.09 Å². The molecule has 1 aliphatic rings. The molecule has 0 aliphatic carbocycles. The molecule has 2 atom stereocenters. The second kappa shape index (κ2) is 14.7. The topological polar surface area (TPSA) is 85.7 Å². The number of ether oxygens (including phenoxy) is 2. The normalized spacial score (nSPS) is 16.2. The van der Waals surface area contributed by atoms with E-state index >= 15 is 0 Å². The van der Waals surface area contributed by atoms with Gasteiger partial charge in [-0.3, -0.25) is 4.79 Å². The highest BCUT2D eigenvalue weighted by molar-refractivity contribution is 5.83. The van der Waals surface area contributed by atoms with Gasteiger partial charge < -0.3 is 24.3 Å². The van der Waals surface area contributed by atoms with Crippen LogP contribution in [0.2, 0.25) is 0 Å². The summed E-state index contributed by atoms with van der Waals surface area (Å²) in [6, 6.07) is 20.7. The van der Waals surface area contributed by atoms with Crippen LogP contribution in [0.15, 0.2) is 60.7 Å². The zero-order valence-electron chi connectivity index (χ0n) is 28.3. The summed E-state index contributed by atoms with van der Waals surface area (Å²) in [5.74, 6) is 1.64. The Morgan fingerprint density at radius 2 is 1.83 bits per heavy atom. The van der Waals surface area contributed by atoms with Crippen molar-refractivity contribution >= 4 is 33.8 Å². The number of carbonyl (C=O) groups is 2. The summed E-state index contributed by atoms with van der Waals surface area (Å²) in [4.78, 5) is 34.0. The summed E-state index contributed by atoms with van der Waals surface area (Å²) in [5, 5.41) is 5.31. The molecule has 4 aromatic rings. The van der Waals surface area contributed by atoms with E-state index in [2.05, 4.69) is 72.3 Å². The Balaban J connectivity index is 1.35. The van der Waals surface area contributed by atoms with Crippen molar-refractivity contribution in [1.82, 2.24) is 19.8 Å². The minimum absolute atomic E-state index is 0.0377. The molecule has 1 aromatic heterocycles. The second-order valence-electron chi connectivity index (χ2n) is 14.0. The SMILES string of the molecule is COCCCn1c(C2CCCN(C(=O)CC(Cc3ccc4ccccc4c3)NC(=O)OC(C)(C)C)C2)nc2cc(C(C)C)ccc21. The number of benzene rings is 3. The van der Waals surface area contributed by atoms with Crippen molar-refractivity contribution < 1.29 is 19.1 Å². The van der Waals surface area contributed by atoms with Gasteiger partial charge in [0.05, 0.1) is 11.0 Å². The van der Waals surface area contributed by atoms with Crippen LogP contribution in [0, 0.1) is 0 Å². The monoisotopic (exact) mass is 626 g/mol. The molecule has 8 heteroatoms. The molecule has 46 heavy (non-hydrogen) atoms. The van der Waals surface area contributed by atoms with Crippen LogP contribution in [0.5, 0.6) is 0 Å². The summed E-state index contributed by atoms with van der Waals surface area (Å²) < 4.78 is 13.3. The first kappa shape index (κ1) is 33.5. The molecule has 5 rings (SSSR count). The summed E-state index contributed by atoms with van der Waals surface area (Å²) in [5.41, 5.74) is 3.85. The maximum atomic E-state index is 13.9. The summed E-state index contributed by atoms with van der Waals surface area (Å²) in [6.07, 6.45) is 2.99. The Bertz CT molecular complexity index is 1650. The van der Waals surface area contributed by atoms with E-state index in [1.165, 1.54) is 5.56 Å². The number of hydrogen-bond acceptors (Lipinski definition) is 5. The third-order valence-electron chi connectivity index (χ3n) is 8.78. The van der Waals surface area contributed by atoms with E-state index in [4.69, 9.17) is 14.5 Å². The van der Waals surface area contributed by atoms with E-state index in [1.807, 2.05) is 37.8 Å². The van der Waals surface area contributed by atoms with E-state index in [0.717, 1.165) is 59.0 Å². The molecule has 3 aromatic carbocycles. The summed E-state index contributed by atoms with van der Waals surface area (Å²) in [6.45, 7) is 12.7. The third-order valence-corrected chi connectivity index (χ3v) is 8.78. The number of imidazole rings is 1. The Kier molecular flexibility index (Phi) is 10.7. The van der Waals surface area contributed by atoms with Gasteiger partial charge in [0.15, 0.2) is 0 Å². The van der Waals surface area contributed by atoms with E-state index in [1.54, 1.807) is 7.11 Å². The number of piperidine rings is 1. The Morgan fingerprint density at radius 1 is 1.04 bits per heavy atom. The van der Waals surface area contributed by atoms with Crippen LogP contribution in [0.3, 0.4) is 0 Å². The van der Waals surface area contributed by atoms with Gasteiger partial charge in [-0.05, 0) is 86.4 Å². The molecule has 0 saturated carbocycles. The molecular formula is C38H50N4O4. The third kappa shape index (κ3) is 8.46. The number of likely N-dealkylation sites (tertiary alicyclic amines) is 1. The molecule has 1 saturated heterocycles. The number of hydrogen-bond donors (Lipinski definition) is 1. The van der Waals surface area contributed by atoms with Gasteiger partial charge in [-0.1, -0.05) is 62.4 Å². The fourth-order valence-electron chi connectivity index (χ4n) is 6.49. The van der Waals surface area contributed by atoms with Crippen LogP contribution >= 0.6 is 0 Å². The number of amides is 2. The Morgan fingerprint density at radius 3 is 2.57 bits per heavy atom. The molecule has 2 amide bonds. The highest BCUT2D eigenvalue weighted by atomic mass is 16.6. The summed E-state index contributed by atoms with van der Waals surface area (Å²) in [7, 11) is 1.73. The van der Waals surface area contributed by atoms with Crippen molar-refractivity contribution in [2.24, 2.45) is 0 Å². The van der Waals surface area contributed by atoms with Gasteiger partial charge in [-0.15, -0.1) is 0 Å². The van der Waals surface area contributed by atoms with Crippen molar-refractivity contribution in [2.45, 2.75) is 96.7 Å². The van der Waals surface area contributed by atoms with Gasteiger partial charge in [0, 0.05) is 51.7 Å². The number of carbonyl (C=O) groups excluding carboxylic acids is 2. The standard InChI is InChI=1S/C38H50N4O4/c1-26(2)29-16-17-34-33(23-29)40-36(42(34)19-10-20-45-6)31-13-9-18-41(25-31)35(43)24-32(39-37(44)46-38(3,4)5)22-27-14-15-28-11-7-8-12-30(28)21-27/h7-8,11-12,14-17,21,23,26,31-32H,9-10,13,18-20,22,24-25H2,1-6H3,(H,39,44). The molecule has 246 valence electrons. The summed E-state index contributed by atoms with van der Waals surface area (Å²) >= 11 is 0. The maximum absolute atomic E-state index is 13.9. The number of rotatable bonds is 11. The molecule has 0 radical (unpaired) electrons. The second-order valence-corrected chi connectivity index (χ2v) is 14.0. The lowest BCUT2D eigenvalue weighted by atomic mass is 9.95. The number of fused-ring (bicyclic) bond motifs is 2. The molecular weight excluding hydrogens is 576 g/mol. The van der Waals surface area contributed by atoms with Crippen LogP contribution in [0.4, 0.5) is 4.79 Å². The molecule has 0 bridgehead atoms. The van der Waals surface area contributed by atoms with Gasteiger partial charge in [0.1, 0.15) is 11.4 Å². The van der Waals surface area contributed by atoms with Crippen LogP contribution in [-0.2, 0) is 27.2 Å². The Hall–Kier alpha value is -3.91. The average molecular weight is 627 g/mol. The highest BCUT2D eigenvalue weighted by Crippen LogP contribution is 2.31. The molecule has 1 aliphatic heterocycles. The van der Waals surface area contributed by atoms with Crippen molar-refractivity contribution in [3.8, 4) is 0 Å². The Labute approximate surface area is 273 Å². The van der Waals surface area contributed by atoms with Crippen LogP contribution in [0.25, 0.3) is 21.8 Å². The van der Waals surface area contributed by atoms with Gasteiger partial charge in [0.2, 0.25) is 5.91 Å².